The van der Waals surface area contributed by atoms with Crippen molar-refractivity contribution in [3.8, 4) is 34.2 Å². The zero-order chi connectivity index (χ0) is 31.9. The Bertz CT molecular complexity index is 2570. The summed E-state index contributed by atoms with van der Waals surface area (Å²) < 4.78 is 61.1. The molecule has 0 saturated carbocycles. The quantitative estimate of drug-likeness (QED) is 0.158. The molecule has 0 saturated heterocycles. The molecule has 0 fully saturated rings. The second kappa shape index (κ2) is 8.99. The average molecular weight is 570 g/mol. The summed E-state index contributed by atoms with van der Waals surface area (Å²) in [6.07, 6.45) is 0. The molecular weight excluding hydrogens is 541 g/mol. The molecule has 3 nitrogen and oxygen atoms in total. The Hall–Kier alpha value is -4.63. The van der Waals surface area contributed by atoms with Gasteiger partial charge in [0.15, 0.2) is 0 Å². The summed E-state index contributed by atoms with van der Waals surface area (Å²) in [7, 11) is 0. The standard InChI is InChI=1S/C35H21N3Se/c1-2-10-23(11-3-1)33-36-34(25-19-20-27-24(21-25)18-17-22-9-4-5-12-26(22)27)38-35(37-33)30-15-8-14-29-28-13-6-7-16-31(28)39-32(29)30/h1-21H/i6D,7D,8D,13D,14D,15D,16D. The van der Waals surface area contributed by atoms with E-state index in [0.29, 0.717) is 20.2 Å². The first-order valence-electron chi connectivity index (χ1n) is 15.9. The van der Waals surface area contributed by atoms with Gasteiger partial charge in [0.05, 0.1) is 0 Å². The van der Waals surface area contributed by atoms with Crippen LogP contribution in [0.3, 0.4) is 0 Å². The van der Waals surface area contributed by atoms with Crippen molar-refractivity contribution in [3.63, 3.8) is 0 Å². The fraction of sp³-hybridized carbons (Fsp3) is 0. The molecule has 2 heterocycles. The number of rotatable bonds is 3. The van der Waals surface area contributed by atoms with E-state index in [1.165, 1.54) is 0 Å². The van der Waals surface area contributed by atoms with Gasteiger partial charge in [0.1, 0.15) is 0 Å². The molecule has 0 unspecified atom stereocenters. The maximum absolute atomic E-state index is 9.01. The van der Waals surface area contributed by atoms with E-state index in [4.69, 9.17) is 24.5 Å². The second-order valence-corrected chi connectivity index (χ2v) is 11.3. The first kappa shape index (κ1) is 16.4. The third-order valence-electron chi connectivity index (χ3n) is 6.83. The summed E-state index contributed by atoms with van der Waals surface area (Å²) in [5.74, 6) is 0.907. The van der Waals surface area contributed by atoms with Crippen LogP contribution in [0.25, 0.3) is 75.0 Å². The first-order chi connectivity index (χ1) is 22.2. The summed E-state index contributed by atoms with van der Waals surface area (Å²) in [5.41, 5.74) is 1.72. The third kappa shape index (κ3) is 3.77. The molecule has 0 bridgehead atoms. The van der Waals surface area contributed by atoms with Crippen molar-refractivity contribution in [2.75, 3.05) is 0 Å². The molecular formula is C35H21N3Se. The monoisotopic (exact) mass is 570 g/mol. The number of benzene rings is 6. The summed E-state index contributed by atoms with van der Waals surface area (Å²) >= 11 is -0.695. The fourth-order valence-electron chi connectivity index (χ4n) is 4.97. The van der Waals surface area contributed by atoms with Gasteiger partial charge in [0.25, 0.3) is 0 Å². The van der Waals surface area contributed by atoms with Crippen molar-refractivity contribution in [2.45, 2.75) is 0 Å². The van der Waals surface area contributed by atoms with E-state index in [1.54, 1.807) is 0 Å². The third-order valence-corrected chi connectivity index (χ3v) is 9.19. The second-order valence-electron chi connectivity index (χ2n) is 9.16. The van der Waals surface area contributed by atoms with Gasteiger partial charge in [-0.3, -0.25) is 0 Å². The van der Waals surface area contributed by atoms with Crippen LogP contribution in [0.1, 0.15) is 9.60 Å². The predicted octanol–water partition coefficient (Wildman–Crippen LogP) is 8.54. The Morgan fingerprint density at radius 3 is 2.15 bits per heavy atom. The Balaban J connectivity index is 1.44. The Labute approximate surface area is 241 Å². The Morgan fingerprint density at radius 1 is 0.513 bits per heavy atom. The number of nitrogens with zero attached hydrogens (tertiary/aromatic N) is 3. The van der Waals surface area contributed by atoms with Crippen LogP contribution in [-0.4, -0.2) is 29.5 Å². The van der Waals surface area contributed by atoms with Crippen molar-refractivity contribution in [2.24, 2.45) is 0 Å². The van der Waals surface area contributed by atoms with Crippen LogP contribution >= 0.6 is 0 Å². The van der Waals surface area contributed by atoms with Crippen LogP contribution in [-0.2, 0) is 0 Å². The van der Waals surface area contributed by atoms with Crippen molar-refractivity contribution < 1.29 is 9.60 Å². The molecule has 0 atom stereocenters. The molecule has 4 heteroatoms. The molecule has 8 aromatic rings. The topological polar surface area (TPSA) is 38.7 Å². The number of fused-ring (bicyclic) bond motifs is 6. The van der Waals surface area contributed by atoms with Crippen LogP contribution in [0.2, 0.25) is 0 Å². The van der Waals surface area contributed by atoms with E-state index in [2.05, 4.69) is 24.3 Å². The zero-order valence-corrected chi connectivity index (χ0v) is 22.0. The molecule has 0 aliphatic heterocycles. The average Bonchev–Trinajstić information content (AvgIpc) is 3.49. The number of aromatic nitrogens is 3. The van der Waals surface area contributed by atoms with Crippen LogP contribution in [0.15, 0.2) is 127 Å². The van der Waals surface area contributed by atoms with Crippen molar-refractivity contribution >= 4 is 55.3 Å². The van der Waals surface area contributed by atoms with Gasteiger partial charge in [0, 0.05) is 0 Å². The molecule has 2 aromatic heterocycles. The van der Waals surface area contributed by atoms with Crippen molar-refractivity contribution in [1.29, 1.82) is 0 Å². The maximum atomic E-state index is 9.01. The fourth-order valence-corrected chi connectivity index (χ4v) is 7.20. The van der Waals surface area contributed by atoms with Gasteiger partial charge in [-0.2, -0.15) is 0 Å². The molecule has 8 rings (SSSR count). The van der Waals surface area contributed by atoms with Gasteiger partial charge < -0.3 is 0 Å². The predicted molar refractivity (Wildman–Crippen MR) is 163 cm³/mol. The van der Waals surface area contributed by atoms with Gasteiger partial charge in [0.2, 0.25) is 0 Å². The first-order valence-corrected chi connectivity index (χ1v) is 14.1. The van der Waals surface area contributed by atoms with E-state index >= 15 is 0 Å². The van der Waals surface area contributed by atoms with Crippen LogP contribution < -0.4 is 0 Å². The minimum absolute atomic E-state index is 0.155. The number of hydrogen-bond donors (Lipinski definition) is 0. The molecule has 6 aromatic carbocycles. The van der Waals surface area contributed by atoms with Gasteiger partial charge in [-0.15, -0.1) is 0 Å². The summed E-state index contributed by atoms with van der Waals surface area (Å²) in [6.45, 7) is 0. The van der Waals surface area contributed by atoms with E-state index in [-0.39, 0.29) is 58.4 Å². The van der Waals surface area contributed by atoms with E-state index in [9.17, 15) is 0 Å². The molecule has 0 amide bonds. The van der Waals surface area contributed by atoms with Gasteiger partial charge in [-0.1, -0.05) is 6.07 Å². The van der Waals surface area contributed by atoms with Crippen molar-refractivity contribution in [1.82, 2.24) is 15.0 Å². The van der Waals surface area contributed by atoms with Crippen LogP contribution in [0.5, 0.6) is 0 Å². The molecule has 0 aliphatic carbocycles. The van der Waals surface area contributed by atoms with Gasteiger partial charge >= 0.3 is 235 Å². The molecule has 0 N–H and O–H groups in total. The molecule has 0 spiro atoms. The van der Waals surface area contributed by atoms with E-state index in [0.717, 1.165) is 32.7 Å². The SMILES string of the molecule is [2H]c1c([2H])c([2H])c2c([se]c3c(-c4nc(-c5ccccc5)nc(-c5ccc6c(ccc7ccccc76)c5)n4)c([2H])c([2H])c([2H])c32)c1[2H]. The van der Waals surface area contributed by atoms with E-state index in [1.807, 2.05) is 60.7 Å². The molecule has 182 valence electrons. The van der Waals surface area contributed by atoms with Crippen LogP contribution in [0.4, 0.5) is 0 Å². The zero-order valence-electron chi connectivity index (χ0n) is 27.3. The normalized spacial score (nSPS) is 14.1. The Morgan fingerprint density at radius 2 is 1.23 bits per heavy atom. The van der Waals surface area contributed by atoms with Gasteiger partial charge in [-0.25, -0.2) is 0 Å². The van der Waals surface area contributed by atoms with E-state index < -0.39 is 20.5 Å². The summed E-state index contributed by atoms with van der Waals surface area (Å²) in [5, 5.41) is 4.85. The molecule has 39 heavy (non-hydrogen) atoms. The Kier molecular flexibility index (Phi) is 3.77. The van der Waals surface area contributed by atoms with Crippen LogP contribution in [0, 0.1) is 0 Å². The number of hydrogen-bond acceptors (Lipinski definition) is 3. The summed E-state index contributed by atoms with van der Waals surface area (Å²) in [6, 6.07) is 25.8. The summed E-state index contributed by atoms with van der Waals surface area (Å²) in [4.78, 5) is 14.5. The molecule has 0 aliphatic rings. The van der Waals surface area contributed by atoms with Gasteiger partial charge in [-0.05, 0) is 0 Å². The van der Waals surface area contributed by atoms with Crippen molar-refractivity contribution in [3.05, 3.63) is 127 Å². The molecule has 0 radical (unpaired) electrons. The minimum atomic E-state index is -0.695.